The predicted molar refractivity (Wildman–Crippen MR) is 108 cm³/mol. The molecule has 0 bridgehead atoms. The molecule has 1 aliphatic heterocycles. The zero-order valence-electron chi connectivity index (χ0n) is 16.3. The first-order chi connectivity index (χ1) is 13.9. The minimum Gasteiger partial charge on any atom is -0.354 e. The van der Waals surface area contributed by atoms with Crippen LogP contribution in [0.25, 0.3) is 0 Å². The predicted octanol–water partition coefficient (Wildman–Crippen LogP) is 1.96. The first kappa shape index (κ1) is 20.5. The fraction of sp³-hybridized carbons (Fsp3) is 0.318. The van der Waals surface area contributed by atoms with Crippen molar-refractivity contribution in [1.82, 2.24) is 10.6 Å². The van der Waals surface area contributed by atoms with E-state index in [4.69, 9.17) is 0 Å². The summed E-state index contributed by atoms with van der Waals surface area (Å²) in [7, 11) is 0. The van der Waals surface area contributed by atoms with Gasteiger partial charge in [0.1, 0.15) is 5.82 Å². The van der Waals surface area contributed by atoms with Crippen molar-refractivity contribution in [3.8, 4) is 0 Å². The number of anilines is 1. The van der Waals surface area contributed by atoms with Crippen LogP contribution in [0.5, 0.6) is 0 Å². The highest BCUT2D eigenvalue weighted by Gasteiger charge is 2.34. The van der Waals surface area contributed by atoms with E-state index in [1.807, 2.05) is 31.2 Å². The molecule has 3 rings (SSSR count). The quantitative estimate of drug-likeness (QED) is 0.701. The molecule has 0 spiro atoms. The van der Waals surface area contributed by atoms with E-state index in [1.165, 1.54) is 12.1 Å². The number of halogens is 1. The van der Waals surface area contributed by atoms with Crippen LogP contribution in [0.4, 0.5) is 10.1 Å². The second-order valence-corrected chi connectivity index (χ2v) is 7.19. The molecule has 2 aromatic carbocycles. The highest BCUT2D eigenvalue weighted by molar-refractivity contribution is 6.00. The molecule has 0 saturated carbocycles. The molecule has 1 heterocycles. The zero-order chi connectivity index (χ0) is 20.8. The number of carbonyl (C=O) groups is 3. The SMILES string of the molecule is Cc1ccc(N2CC(C(=O)NCCNC(=O)Cc3ccc(F)cc3)CC2=O)cc1. The number of nitrogens with one attached hydrogen (secondary N) is 2. The van der Waals surface area contributed by atoms with Gasteiger partial charge < -0.3 is 15.5 Å². The Labute approximate surface area is 169 Å². The van der Waals surface area contributed by atoms with Crippen LogP contribution in [0.1, 0.15) is 17.5 Å². The normalized spacial score (nSPS) is 16.0. The minimum absolute atomic E-state index is 0.0680. The van der Waals surface area contributed by atoms with Gasteiger partial charge in [-0.25, -0.2) is 4.39 Å². The number of benzene rings is 2. The molecule has 0 radical (unpaired) electrons. The average Bonchev–Trinajstić information content (AvgIpc) is 3.09. The van der Waals surface area contributed by atoms with E-state index in [0.717, 1.165) is 11.3 Å². The summed E-state index contributed by atoms with van der Waals surface area (Å²) >= 11 is 0. The third-order valence-electron chi connectivity index (χ3n) is 4.87. The largest absolute Gasteiger partial charge is 0.354 e. The molecule has 3 amide bonds. The number of hydrogen-bond donors (Lipinski definition) is 2. The van der Waals surface area contributed by atoms with Gasteiger partial charge in [-0.1, -0.05) is 29.8 Å². The first-order valence-electron chi connectivity index (χ1n) is 9.58. The Morgan fingerprint density at radius 1 is 1.03 bits per heavy atom. The fourth-order valence-corrected chi connectivity index (χ4v) is 3.24. The van der Waals surface area contributed by atoms with Crippen LogP contribution in [-0.2, 0) is 20.8 Å². The van der Waals surface area contributed by atoms with E-state index < -0.39 is 5.92 Å². The second-order valence-electron chi connectivity index (χ2n) is 7.19. The van der Waals surface area contributed by atoms with Crippen molar-refractivity contribution in [2.24, 2.45) is 5.92 Å². The molecular formula is C22H24FN3O3. The summed E-state index contributed by atoms with van der Waals surface area (Å²) in [5, 5.41) is 5.49. The number of nitrogens with zero attached hydrogens (tertiary/aromatic N) is 1. The van der Waals surface area contributed by atoms with Gasteiger partial charge in [-0.15, -0.1) is 0 Å². The highest BCUT2D eigenvalue weighted by Crippen LogP contribution is 2.25. The van der Waals surface area contributed by atoms with E-state index in [2.05, 4.69) is 10.6 Å². The first-order valence-corrected chi connectivity index (χ1v) is 9.58. The van der Waals surface area contributed by atoms with Crippen LogP contribution in [0.3, 0.4) is 0 Å². The summed E-state index contributed by atoms with van der Waals surface area (Å²) in [5.41, 5.74) is 2.62. The molecule has 29 heavy (non-hydrogen) atoms. The smallest absolute Gasteiger partial charge is 0.227 e. The lowest BCUT2D eigenvalue weighted by molar-refractivity contribution is -0.126. The van der Waals surface area contributed by atoms with Gasteiger partial charge in [0, 0.05) is 31.7 Å². The van der Waals surface area contributed by atoms with Crippen molar-refractivity contribution in [3.05, 3.63) is 65.5 Å². The van der Waals surface area contributed by atoms with E-state index in [1.54, 1.807) is 17.0 Å². The summed E-state index contributed by atoms with van der Waals surface area (Å²) in [4.78, 5) is 38.1. The van der Waals surface area contributed by atoms with Crippen molar-refractivity contribution in [2.45, 2.75) is 19.8 Å². The van der Waals surface area contributed by atoms with E-state index in [9.17, 15) is 18.8 Å². The Morgan fingerprint density at radius 2 is 1.69 bits per heavy atom. The highest BCUT2D eigenvalue weighted by atomic mass is 19.1. The third-order valence-corrected chi connectivity index (χ3v) is 4.87. The van der Waals surface area contributed by atoms with Gasteiger partial charge in [-0.3, -0.25) is 14.4 Å². The number of rotatable bonds is 7. The molecule has 7 heteroatoms. The Bertz CT molecular complexity index is 881. The van der Waals surface area contributed by atoms with Gasteiger partial charge >= 0.3 is 0 Å². The maximum atomic E-state index is 12.9. The maximum absolute atomic E-state index is 12.9. The number of amides is 3. The summed E-state index contributed by atoms with van der Waals surface area (Å²) in [6, 6.07) is 13.4. The van der Waals surface area contributed by atoms with Gasteiger partial charge in [-0.05, 0) is 36.8 Å². The molecule has 0 aliphatic carbocycles. The van der Waals surface area contributed by atoms with Crippen LogP contribution >= 0.6 is 0 Å². The summed E-state index contributed by atoms with van der Waals surface area (Å²) < 4.78 is 12.9. The number of aryl methyl sites for hydroxylation is 1. The summed E-state index contributed by atoms with van der Waals surface area (Å²) in [6.45, 7) is 2.90. The lowest BCUT2D eigenvalue weighted by Crippen LogP contribution is -2.38. The third kappa shape index (κ3) is 5.63. The Kier molecular flexibility index (Phi) is 6.59. The molecule has 152 valence electrons. The maximum Gasteiger partial charge on any atom is 0.227 e. The molecule has 1 unspecified atom stereocenters. The Balaban J connectivity index is 1.39. The minimum atomic E-state index is -0.404. The lowest BCUT2D eigenvalue weighted by Gasteiger charge is -2.17. The lowest BCUT2D eigenvalue weighted by atomic mass is 10.1. The molecule has 1 saturated heterocycles. The topological polar surface area (TPSA) is 78.5 Å². The fourth-order valence-electron chi connectivity index (χ4n) is 3.24. The monoisotopic (exact) mass is 397 g/mol. The number of hydrogen-bond acceptors (Lipinski definition) is 3. The molecule has 1 fully saturated rings. The van der Waals surface area contributed by atoms with Crippen molar-refractivity contribution < 1.29 is 18.8 Å². The van der Waals surface area contributed by atoms with Crippen molar-refractivity contribution in [3.63, 3.8) is 0 Å². The Morgan fingerprint density at radius 3 is 2.38 bits per heavy atom. The van der Waals surface area contributed by atoms with Gasteiger partial charge in [0.25, 0.3) is 0 Å². The second kappa shape index (κ2) is 9.32. The summed E-state index contributed by atoms with van der Waals surface area (Å²) in [6.07, 6.45) is 0.327. The number of carbonyl (C=O) groups excluding carboxylic acids is 3. The van der Waals surface area contributed by atoms with Crippen LogP contribution in [-0.4, -0.2) is 37.4 Å². The van der Waals surface area contributed by atoms with Crippen LogP contribution in [0, 0.1) is 18.7 Å². The van der Waals surface area contributed by atoms with E-state index >= 15 is 0 Å². The van der Waals surface area contributed by atoms with E-state index in [-0.39, 0.29) is 49.5 Å². The van der Waals surface area contributed by atoms with E-state index in [0.29, 0.717) is 12.1 Å². The molecule has 1 atom stereocenters. The van der Waals surface area contributed by atoms with Crippen molar-refractivity contribution in [1.29, 1.82) is 0 Å². The van der Waals surface area contributed by atoms with Crippen molar-refractivity contribution >= 4 is 23.4 Å². The van der Waals surface area contributed by atoms with Crippen LogP contribution in [0.2, 0.25) is 0 Å². The van der Waals surface area contributed by atoms with Crippen LogP contribution < -0.4 is 15.5 Å². The molecule has 0 aromatic heterocycles. The van der Waals surface area contributed by atoms with Gasteiger partial charge in [-0.2, -0.15) is 0 Å². The molecule has 1 aliphatic rings. The van der Waals surface area contributed by atoms with Gasteiger partial charge in [0.15, 0.2) is 0 Å². The van der Waals surface area contributed by atoms with Crippen molar-refractivity contribution in [2.75, 3.05) is 24.5 Å². The molecular weight excluding hydrogens is 373 g/mol. The summed E-state index contributed by atoms with van der Waals surface area (Å²) in [5.74, 6) is -1.21. The molecule has 2 aromatic rings. The standard InChI is InChI=1S/C22H24FN3O3/c1-15-2-8-19(9-3-15)26-14-17(13-21(26)28)22(29)25-11-10-24-20(27)12-16-4-6-18(23)7-5-16/h2-9,17H,10-14H2,1H3,(H,24,27)(H,25,29). The Hall–Kier alpha value is -3.22. The molecule has 2 N–H and O–H groups in total. The average molecular weight is 397 g/mol. The zero-order valence-corrected chi connectivity index (χ0v) is 16.3. The van der Waals surface area contributed by atoms with Gasteiger partial charge in [0.2, 0.25) is 17.7 Å². The van der Waals surface area contributed by atoms with Gasteiger partial charge in [0.05, 0.1) is 12.3 Å². The van der Waals surface area contributed by atoms with Crippen LogP contribution in [0.15, 0.2) is 48.5 Å². The molecule has 6 nitrogen and oxygen atoms in total.